The molecule has 0 fully saturated rings. The number of carbonyl (C=O) groups excluding carboxylic acids is 1. The topological polar surface area (TPSA) is 84.9 Å². The van der Waals surface area contributed by atoms with Gasteiger partial charge in [0.05, 0.1) is 11.9 Å². The van der Waals surface area contributed by atoms with Crippen LogP contribution in [0.5, 0.6) is 11.5 Å². The SMILES string of the molecule is C=CCOc1ccc(NC(=O)[C@@H]2CCN(S(C)(=O)=O)c3cc(Cl)ccc3O2)cc1. The summed E-state index contributed by atoms with van der Waals surface area (Å²) in [6.45, 7) is 4.08. The van der Waals surface area contributed by atoms with E-state index in [1.165, 1.54) is 10.4 Å². The number of sulfonamides is 1. The average Bonchev–Trinajstić information content (AvgIpc) is 2.86. The first kappa shape index (κ1) is 21.0. The third kappa shape index (κ3) is 5.21. The van der Waals surface area contributed by atoms with Gasteiger partial charge in [-0.1, -0.05) is 24.3 Å². The number of rotatable bonds is 6. The number of halogens is 1. The molecular formula is C20H21ClN2O5S. The van der Waals surface area contributed by atoms with Gasteiger partial charge < -0.3 is 14.8 Å². The standard InChI is InChI=1S/C20H21ClN2O5S/c1-3-12-27-16-7-5-15(6-8-16)22-20(24)19-10-11-23(29(2,25)26)17-13-14(21)4-9-18(17)28-19/h3-9,13,19H,1,10-12H2,2H3,(H,22,24)/t19-/m0/s1. The summed E-state index contributed by atoms with van der Waals surface area (Å²) in [5, 5.41) is 3.16. The number of ether oxygens (including phenoxy) is 2. The van der Waals surface area contributed by atoms with Crippen LogP contribution < -0.4 is 19.1 Å². The van der Waals surface area contributed by atoms with Crippen molar-refractivity contribution in [3.05, 3.63) is 60.1 Å². The highest BCUT2D eigenvalue weighted by molar-refractivity contribution is 7.92. The van der Waals surface area contributed by atoms with E-state index in [0.29, 0.717) is 28.8 Å². The predicted molar refractivity (Wildman–Crippen MR) is 113 cm³/mol. The molecule has 0 bridgehead atoms. The maximum atomic E-state index is 12.7. The first-order valence-corrected chi connectivity index (χ1v) is 11.1. The maximum absolute atomic E-state index is 12.7. The van der Waals surface area contributed by atoms with Crippen LogP contribution in [0.2, 0.25) is 5.02 Å². The minimum Gasteiger partial charge on any atom is -0.490 e. The van der Waals surface area contributed by atoms with Gasteiger partial charge in [0.15, 0.2) is 6.10 Å². The Balaban J connectivity index is 1.77. The van der Waals surface area contributed by atoms with Crippen LogP contribution in [-0.2, 0) is 14.8 Å². The van der Waals surface area contributed by atoms with Crippen molar-refractivity contribution >= 4 is 38.9 Å². The lowest BCUT2D eigenvalue weighted by atomic mass is 10.2. The Labute approximate surface area is 174 Å². The molecule has 1 amide bonds. The molecule has 7 nitrogen and oxygen atoms in total. The first-order chi connectivity index (χ1) is 13.8. The third-order valence-corrected chi connectivity index (χ3v) is 5.65. The molecule has 1 N–H and O–H groups in total. The van der Waals surface area contributed by atoms with Crippen LogP contribution in [0.4, 0.5) is 11.4 Å². The molecule has 9 heteroatoms. The van der Waals surface area contributed by atoms with Crippen LogP contribution in [0.25, 0.3) is 0 Å². The molecule has 0 spiro atoms. The Morgan fingerprint density at radius 1 is 1.34 bits per heavy atom. The van der Waals surface area contributed by atoms with Crippen LogP contribution in [0.1, 0.15) is 6.42 Å². The second-order valence-corrected chi connectivity index (χ2v) is 8.80. The Bertz CT molecular complexity index is 1010. The van der Waals surface area contributed by atoms with Crippen molar-refractivity contribution in [2.45, 2.75) is 12.5 Å². The summed E-state index contributed by atoms with van der Waals surface area (Å²) < 4.78 is 36.8. The van der Waals surface area contributed by atoms with Gasteiger partial charge in [0, 0.05) is 23.7 Å². The van der Waals surface area contributed by atoms with Gasteiger partial charge in [-0.25, -0.2) is 8.42 Å². The lowest BCUT2D eigenvalue weighted by molar-refractivity contribution is -0.122. The van der Waals surface area contributed by atoms with Crippen LogP contribution in [0.15, 0.2) is 55.1 Å². The van der Waals surface area contributed by atoms with Crippen molar-refractivity contribution in [2.24, 2.45) is 0 Å². The third-order valence-electron chi connectivity index (χ3n) is 4.24. The van der Waals surface area contributed by atoms with Gasteiger partial charge in [-0.2, -0.15) is 0 Å². The summed E-state index contributed by atoms with van der Waals surface area (Å²) >= 11 is 6.02. The molecular weight excluding hydrogens is 416 g/mol. The van der Waals surface area contributed by atoms with Crippen molar-refractivity contribution in [1.82, 2.24) is 0 Å². The summed E-state index contributed by atoms with van der Waals surface area (Å²) in [4.78, 5) is 12.7. The Kier molecular flexibility index (Phi) is 6.34. The fourth-order valence-electron chi connectivity index (χ4n) is 2.89. The summed E-state index contributed by atoms with van der Waals surface area (Å²) in [5.74, 6) is 0.565. The second-order valence-electron chi connectivity index (χ2n) is 6.46. The Morgan fingerprint density at radius 2 is 2.07 bits per heavy atom. The van der Waals surface area contributed by atoms with Crippen LogP contribution in [-0.4, -0.2) is 39.8 Å². The molecule has 0 radical (unpaired) electrons. The van der Waals surface area contributed by atoms with E-state index in [1.54, 1.807) is 42.5 Å². The lowest BCUT2D eigenvalue weighted by Crippen LogP contribution is -2.35. The van der Waals surface area contributed by atoms with Crippen LogP contribution in [0.3, 0.4) is 0 Å². The average molecular weight is 437 g/mol. The molecule has 154 valence electrons. The normalized spacial score (nSPS) is 16.2. The Morgan fingerprint density at radius 3 is 2.72 bits per heavy atom. The molecule has 1 aliphatic heterocycles. The molecule has 0 aromatic heterocycles. The summed E-state index contributed by atoms with van der Waals surface area (Å²) in [6, 6.07) is 11.6. The highest BCUT2D eigenvalue weighted by Gasteiger charge is 2.31. The Hall–Kier alpha value is -2.71. The first-order valence-electron chi connectivity index (χ1n) is 8.86. The number of amides is 1. The molecule has 29 heavy (non-hydrogen) atoms. The second kappa shape index (κ2) is 8.75. The zero-order chi connectivity index (χ0) is 21.0. The molecule has 3 rings (SSSR count). The van der Waals surface area contributed by atoms with Gasteiger partial charge in [0.1, 0.15) is 18.1 Å². The van der Waals surface area contributed by atoms with E-state index < -0.39 is 16.1 Å². The van der Waals surface area contributed by atoms with Gasteiger partial charge in [0.25, 0.3) is 5.91 Å². The van der Waals surface area contributed by atoms with Crippen molar-refractivity contribution in [3.63, 3.8) is 0 Å². The van der Waals surface area contributed by atoms with E-state index in [9.17, 15) is 13.2 Å². The zero-order valence-electron chi connectivity index (χ0n) is 15.8. The summed E-state index contributed by atoms with van der Waals surface area (Å²) in [7, 11) is -3.56. The predicted octanol–water partition coefficient (Wildman–Crippen LogP) is 3.46. The van der Waals surface area contributed by atoms with E-state index in [4.69, 9.17) is 21.1 Å². The molecule has 1 atom stereocenters. The number of hydrogen-bond donors (Lipinski definition) is 1. The van der Waals surface area contributed by atoms with Gasteiger partial charge in [-0.3, -0.25) is 9.10 Å². The lowest BCUT2D eigenvalue weighted by Gasteiger charge is -2.21. The molecule has 2 aromatic rings. The minimum absolute atomic E-state index is 0.0958. The minimum atomic E-state index is -3.56. The van der Waals surface area contributed by atoms with Crippen LogP contribution >= 0.6 is 11.6 Å². The number of anilines is 2. The monoisotopic (exact) mass is 436 g/mol. The number of fused-ring (bicyclic) bond motifs is 1. The highest BCUT2D eigenvalue weighted by atomic mass is 35.5. The number of carbonyl (C=O) groups is 1. The van der Waals surface area contributed by atoms with E-state index in [1.807, 2.05) is 0 Å². The smallest absolute Gasteiger partial charge is 0.265 e. The van der Waals surface area contributed by atoms with Gasteiger partial charge in [-0.05, 0) is 42.5 Å². The van der Waals surface area contributed by atoms with E-state index in [-0.39, 0.29) is 24.6 Å². The molecule has 1 aliphatic rings. The molecule has 2 aromatic carbocycles. The highest BCUT2D eigenvalue weighted by Crippen LogP contribution is 2.36. The number of benzene rings is 2. The van der Waals surface area contributed by atoms with Crippen molar-refractivity contribution in [2.75, 3.05) is 29.0 Å². The molecule has 0 unspecified atom stereocenters. The number of nitrogens with one attached hydrogen (secondary N) is 1. The molecule has 0 saturated carbocycles. The molecule has 0 aliphatic carbocycles. The van der Waals surface area contributed by atoms with E-state index in [0.717, 1.165) is 6.26 Å². The van der Waals surface area contributed by atoms with Gasteiger partial charge in [0.2, 0.25) is 10.0 Å². The molecule has 0 saturated heterocycles. The van der Waals surface area contributed by atoms with Crippen molar-refractivity contribution < 1.29 is 22.7 Å². The summed E-state index contributed by atoms with van der Waals surface area (Å²) in [5.41, 5.74) is 0.893. The maximum Gasteiger partial charge on any atom is 0.265 e. The fraction of sp³-hybridized carbons (Fsp3) is 0.250. The summed E-state index contributed by atoms with van der Waals surface area (Å²) in [6.07, 6.45) is 2.07. The van der Waals surface area contributed by atoms with Gasteiger partial charge in [-0.15, -0.1) is 0 Å². The van der Waals surface area contributed by atoms with Crippen molar-refractivity contribution in [1.29, 1.82) is 0 Å². The number of nitrogens with zero attached hydrogens (tertiary/aromatic N) is 1. The number of hydrogen-bond acceptors (Lipinski definition) is 5. The largest absolute Gasteiger partial charge is 0.490 e. The fourth-order valence-corrected chi connectivity index (χ4v) is 4.00. The van der Waals surface area contributed by atoms with E-state index >= 15 is 0 Å². The van der Waals surface area contributed by atoms with Crippen molar-refractivity contribution in [3.8, 4) is 11.5 Å². The van der Waals surface area contributed by atoms with Crippen LogP contribution in [0, 0.1) is 0 Å². The van der Waals surface area contributed by atoms with E-state index in [2.05, 4.69) is 11.9 Å². The molecule has 1 heterocycles. The quantitative estimate of drug-likeness (QED) is 0.701. The van der Waals surface area contributed by atoms with Gasteiger partial charge >= 0.3 is 0 Å². The zero-order valence-corrected chi connectivity index (χ0v) is 17.4.